The number of halogens is 1. The van der Waals surface area contributed by atoms with E-state index in [0.717, 1.165) is 24.6 Å². The maximum Gasteiger partial charge on any atom is 0.272 e. The zero-order chi connectivity index (χ0) is 15.4. The number of nitrogens with one attached hydrogen (secondary N) is 1. The first-order valence-electron chi connectivity index (χ1n) is 7.20. The van der Waals surface area contributed by atoms with Crippen LogP contribution < -0.4 is 10.2 Å². The van der Waals surface area contributed by atoms with Crippen molar-refractivity contribution in [1.82, 2.24) is 20.5 Å². The van der Waals surface area contributed by atoms with Gasteiger partial charge in [0.15, 0.2) is 11.5 Å². The zero-order valence-corrected chi connectivity index (χ0v) is 12.8. The van der Waals surface area contributed by atoms with E-state index in [2.05, 4.69) is 25.4 Å². The van der Waals surface area contributed by atoms with Crippen LogP contribution in [0.15, 0.2) is 30.5 Å². The van der Waals surface area contributed by atoms with Crippen LogP contribution in [0.4, 0.5) is 5.82 Å². The number of carbonyl (C=O) groups is 1. The van der Waals surface area contributed by atoms with E-state index in [-0.39, 0.29) is 5.91 Å². The van der Waals surface area contributed by atoms with Crippen molar-refractivity contribution in [3.63, 3.8) is 0 Å². The zero-order valence-electron chi connectivity index (χ0n) is 12.0. The second kappa shape index (κ2) is 6.70. The van der Waals surface area contributed by atoms with Gasteiger partial charge in [-0.3, -0.25) is 9.78 Å². The van der Waals surface area contributed by atoms with Crippen molar-refractivity contribution in [3.05, 3.63) is 46.9 Å². The van der Waals surface area contributed by atoms with E-state index in [0.29, 0.717) is 17.3 Å². The molecule has 3 rings (SSSR count). The first-order chi connectivity index (χ1) is 10.7. The van der Waals surface area contributed by atoms with Gasteiger partial charge in [0.25, 0.3) is 5.91 Å². The van der Waals surface area contributed by atoms with E-state index in [4.69, 9.17) is 11.6 Å². The van der Waals surface area contributed by atoms with E-state index < -0.39 is 0 Å². The van der Waals surface area contributed by atoms with Crippen LogP contribution in [-0.2, 0) is 6.54 Å². The van der Waals surface area contributed by atoms with Crippen molar-refractivity contribution < 1.29 is 4.79 Å². The van der Waals surface area contributed by atoms with E-state index in [1.807, 2.05) is 6.07 Å². The second-order valence-electron chi connectivity index (χ2n) is 5.12. The maximum absolute atomic E-state index is 12.0. The average Bonchev–Trinajstić information content (AvgIpc) is 3.09. The number of hydrogen-bond donors (Lipinski definition) is 1. The van der Waals surface area contributed by atoms with E-state index in [1.165, 1.54) is 12.8 Å². The lowest BCUT2D eigenvalue weighted by molar-refractivity contribution is 0.0944. The molecule has 1 aliphatic heterocycles. The number of nitrogens with zero attached hydrogens (tertiary/aromatic N) is 4. The van der Waals surface area contributed by atoms with E-state index in [9.17, 15) is 4.79 Å². The third kappa shape index (κ3) is 3.51. The minimum atomic E-state index is -0.266. The molecule has 0 aliphatic carbocycles. The molecule has 1 N–H and O–H groups in total. The Morgan fingerprint density at radius 2 is 2.00 bits per heavy atom. The van der Waals surface area contributed by atoms with Gasteiger partial charge in [-0.15, -0.1) is 10.2 Å². The molecule has 1 aliphatic rings. The first kappa shape index (κ1) is 14.7. The van der Waals surface area contributed by atoms with E-state index >= 15 is 0 Å². The summed E-state index contributed by atoms with van der Waals surface area (Å²) in [5, 5.41) is 11.5. The second-order valence-corrected chi connectivity index (χ2v) is 5.56. The molecule has 0 radical (unpaired) electrons. The molecule has 7 heteroatoms. The predicted octanol–water partition coefficient (Wildman–Crippen LogP) is 2.06. The molecule has 2 aromatic rings. The fraction of sp³-hybridized carbons (Fsp3) is 0.333. The number of pyridine rings is 1. The lowest BCUT2D eigenvalue weighted by atomic mass is 10.3. The molecule has 114 valence electrons. The molecule has 0 spiro atoms. The average molecular weight is 318 g/mol. The molecule has 0 aromatic carbocycles. The Labute approximate surface area is 133 Å². The molecular formula is C15H16ClN5O. The Bertz CT molecular complexity index is 638. The van der Waals surface area contributed by atoms with Crippen LogP contribution in [0.25, 0.3) is 0 Å². The summed E-state index contributed by atoms with van der Waals surface area (Å²) < 4.78 is 0. The van der Waals surface area contributed by atoms with Crippen LogP contribution in [0.1, 0.15) is 29.0 Å². The molecule has 0 unspecified atom stereocenters. The van der Waals surface area contributed by atoms with Gasteiger partial charge in [0, 0.05) is 19.3 Å². The third-order valence-electron chi connectivity index (χ3n) is 3.53. The van der Waals surface area contributed by atoms with Gasteiger partial charge >= 0.3 is 0 Å². The van der Waals surface area contributed by atoms with Crippen molar-refractivity contribution in [2.75, 3.05) is 18.0 Å². The van der Waals surface area contributed by atoms with Crippen LogP contribution in [-0.4, -0.2) is 34.2 Å². The minimum Gasteiger partial charge on any atom is -0.355 e. The van der Waals surface area contributed by atoms with Crippen molar-refractivity contribution in [1.29, 1.82) is 0 Å². The highest BCUT2D eigenvalue weighted by atomic mass is 35.5. The Kier molecular flexibility index (Phi) is 4.48. The standard InChI is InChI=1S/C15H16ClN5O/c16-11-3-4-12(17-9-11)10-18-15(22)13-5-6-14(20-19-13)21-7-1-2-8-21/h3-6,9H,1-2,7-8,10H2,(H,18,22). The smallest absolute Gasteiger partial charge is 0.272 e. The molecule has 6 nitrogen and oxygen atoms in total. The fourth-order valence-corrected chi connectivity index (χ4v) is 2.45. The summed E-state index contributed by atoms with van der Waals surface area (Å²) in [5.41, 5.74) is 1.04. The van der Waals surface area contributed by atoms with Crippen LogP contribution >= 0.6 is 11.6 Å². The van der Waals surface area contributed by atoms with Crippen LogP contribution in [0.3, 0.4) is 0 Å². The van der Waals surface area contributed by atoms with Crippen molar-refractivity contribution in [2.24, 2.45) is 0 Å². The number of aromatic nitrogens is 3. The monoisotopic (exact) mass is 317 g/mol. The summed E-state index contributed by atoms with van der Waals surface area (Å²) >= 11 is 5.77. The summed E-state index contributed by atoms with van der Waals surface area (Å²) in [6, 6.07) is 7.05. The molecule has 0 bridgehead atoms. The summed E-state index contributed by atoms with van der Waals surface area (Å²) in [7, 11) is 0. The highest BCUT2D eigenvalue weighted by Gasteiger charge is 2.15. The topological polar surface area (TPSA) is 71.0 Å². The molecule has 1 amide bonds. The van der Waals surface area contributed by atoms with Gasteiger partial charge in [0.2, 0.25) is 0 Å². The summed E-state index contributed by atoms with van der Waals surface area (Å²) in [4.78, 5) is 18.3. The van der Waals surface area contributed by atoms with Gasteiger partial charge in [-0.2, -0.15) is 0 Å². The number of hydrogen-bond acceptors (Lipinski definition) is 5. The molecule has 1 saturated heterocycles. The Morgan fingerprint density at radius 1 is 1.18 bits per heavy atom. The Hall–Kier alpha value is -2.21. The van der Waals surface area contributed by atoms with Crippen LogP contribution in [0, 0.1) is 0 Å². The van der Waals surface area contributed by atoms with Crippen molar-refractivity contribution in [2.45, 2.75) is 19.4 Å². The SMILES string of the molecule is O=C(NCc1ccc(Cl)cn1)c1ccc(N2CCCC2)nn1. The molecule has 3 heterocycles. The van der Waals surface area contributed by atoms with Crippen molar-refractivity contribution >= 4 is 23.3 Å². The summed E-state index contributed by atoms with van der Waals surface area (Å²) in [6.45, 7) is 2.33. The maximum atomic E-state index is 12.0. The summed E-state index contributed by atoms with van der Waals surface area (Å²) in [6.07, 6.45) is 3.91. The molecular weight excluding hydrogens is 302 g/mol. The fourth-order valence-electron chi connectivity index (χ4n) is 2.33. The van der Waals surface area contributed by atoms with Gasteiger partial charge in [0.05, 0.1) is 17.3 Å². The number of rotatable bonds is 4. The first-order valence-corrected chi connectivity index (χ1v) is 7.57. The largest absolute Gasteiger partial charge is 0.355 e. The molecule has 0 saturated carbocycles. The normalized spacial score (nSPS) is 14.1. The van der Waals surface area contributed by atoms with Crippen LogP contribution in [0.2, 0.25) is 5.02 Å². The minimum absolute atomic E-state index is 0.266. The van der Waals surface area contributed by atoms with Gasteiger partial charge in [-0.25, -0.2) is 0 Å². The van der Waals surface area contributed by atoms with Gasteiger partial charge in [0.1, 0.15) is 0 Å². The van der Waals surface area contributed by atoms with Gasteiger partial charge in [-0.1, -0.05) is 11.6 Å². The summed E-state index contributed by atoms with van der Waals surface area (Å²) in [5.74, 6) is 0.561. The quantitative estimate of drug-likeness (QED) is 0.934. The molecule has 0 atom stereocenters. The predicted molar refractivity (Wildman–Crippen MR) is 83.9 cm³/mol. The molecule has 1 fully saturated rings. The van der Waals surface area contributed by atoms with Gasteiger partial charge < -0.3 is 10.2 Å². The number of amides is 1. The Morgan fingerprint density at radius 3 is 2.64 bits per heavy atom. The molecule has 2 aromatic heterocycles. The number of carbonyl (C=O) groups excluding carboxylic acids is 1. The molecule has 22 heavy (non-hydrogen) atoms. The highest BCUT2D eigenvalue weighted by Crippen LogP contribution is 2.16. The van der Waals surface area contributed by atoms with Crippen LogP contribution in [0.5, 0.6) is 0 Å². The Balaban J connectivity index is 1.58. The third-order valence-corrected chi connectivity index (χ3v) is 3.76. The van der Waals surface area contributed by atoms with Gasteiger partial charge in [-0.05, 0) is 37.1 Å². The lowest BCUT2D eigenvalue weighted by Crippen LogP contribution is -2.25. The lowest BCUT2D eigenvalue weighted by Gasteiger charge is -2.15. The van der Waals surface area contributed by atoms with E-state index in [1.54, 1.807) is 24.4 Å². The highest BCUT2D eigenvalue weighted by molar-refractivity contribution is 6.30. The number of anilines is 1. The van der Waals surface area contributed by atoms with Crippen molar-refractivity contribution in [3.8, 4) is 0 Å².